The fourth-order valence-electron chi connectivity index (χ4n) is 0.777. The highest BCUT2D eigenvalue weighted by atomic mass is 35.5. The third-order valence-corrected chi connectivity index (χ3v) is 1.55. The second-order valence-corrected chi connectivity index (χ2v) is 2.50. The van der Waals surface area contributed by atoms with Gasteiger partial charge in [-0.1, -0.05) is 11.6 Å². The monoisotopic (exact) mass is 159 g/mol. The lowest BCUT2D eigenvalue weighted by Gasteiger charge is -2.00. The summed E-state index contributed by atoms with van der Waals surface area (Å²) < 4.78 is 0. The summed E-state index contributed by atoms with van der Waals surface area (Å²) in [4.78, 5) is 9.70. The van der Waals surface area contributed by atoms with Crippen LogP contribution in [0.2, 0.25) is 0 Å². The smallest absolute Gasteiger partial charge is 0.258 e. The Bertz CT molecular complexity index is 220. The van der Waals surface area contributed by atoms with Crippen LogP contribution in [0, 0.1) is 10.1 Å². The Labute approximate surface area is 63.1 Å². The maximum atomic E-state index is 10.1. The molecule has 1 aliphatic rings. The minimum absolute atomic E-state index is 0.108. The van der Waals surface area contributed by atoms with E-state index in [2.05, 4.69) is 0 Å². The van der Waals surface area contributed by atoms with Crippen LogP contribution in [0.4, 0.5) is 0 Å². The fourth-order valence-corrected chi connectivity index (χ4v) is 0.998. The standard InChI is InChI=1S/C6H6ClNO2/c7-5-2-1-3-6(4-5)8(9)10/h3-4H,1-2H2. The van der Waals surface area contributed by atoms with Crippen molar-refractivity contribution in [1.82, 2.24) is 0 Å². The van der Waals surface area contributed by atoms with Crippen LogP contribution in [0.1, 0.15) is 12.8 Å². The summed E-state index contributed by atoms with van der Waals surface area (Å²) in [5, 5.41) is 10.7. The van der Waals surface area contributed by atoms with Gasteiger partial charge >= 0.3 is 0 Å². The number of rotatable bonds is 1. The molecule has 4 heteroatoms. The first-order valence-electron chi connectivity index (χ1n) is 2.91. The lowest BCUT2D eigenvalue weighted by Crippen LogP contribution is -1.98. The summed E-state index contributed by atoms with van der Waals surface area (Å²) in [6.07, 6.45) is 4.36. The van der Waals surface area contributed by atoms with E-state index < -0.39 is 4.92 Å². The maximum Gasteiger partial charge on any atom is 0.266 e. The highest BCUT2D eigenvalue weighted by molar-refractivity contribution is 6.29. The third-order valence-electron chi connectivity index (χ3n) is 1.25. The Kier molecular flexibility index (Phi) is 2.06. The van der Waals surface area contributed by atoms with E-state index in [0.29, 0.717) is 11.5 Å². The molecule has 0 bridgehead atoms. The van der Waals surface area contributed by atoms with E-state index in [1.54, 1.807) is 6.08 Å². The van der Waals surface area contributed by atoms with Crippen molar-refractivity contribution < 1.29 is 4.92 Å². The van der Waals surface area contributed by atoms with Crippen LogP contribution in [0.15, 0.2) is 22.9 Å². The molecule has 0 atom stereocenters. The normalized spacial score (nSPS) is 17.7. The van der Waals surface area contributed by atoms with Crippen molar-refractivity contribution in [3.63, 3.8) is 0 Å². The van der Waals surface area contributed by atoms with E-state index in [4.69, 9.17) is 11.6 Å². The lowest BCUT2D eigenvalue weighted by atomic mass is 10.1. The van der Waals surface area contributed by atoms with Crippen LogP contribution in [0.25, 0.3) is 0 Å². The average Bonchev–Trinajstić information content (AvgIpc) is 1.88. The van der Waals surface area contributed by atoms with Crippen LogP contribution in [-0.4, -0.2) is 4.92 Å². The molecule has 0 radical (unpaired) electrons. The number of allylic oxidation sites excluding steroid dienone is 3. The molecule has 1 rings (SSSR count). The molecular weight excluding hydrogens is 154 g/mol. The van der Waals surface area contributed by atoms with Gasteiger partial charge in [0.15, 0.2) is 0 Å². The van der Waals surface area contributed by atoms with Gasteiger partial charge in [0.2, 0.25) is 0 Å². The van der Waals surface area contributed by atoms with Gasteiger partial charge in [0, 0.05) is 11.1 Å². The maximum absolute atomic E-state index is 10.1. The molecular formula is C6H6ClNO2. The van der Waals surface area contributed by atoms with Gasteiger partial charge in [-0.25, -0.2) is 0 Å². The molecule has 0 unspecified atom stereocenters. The lowest BCUT2D eigenvalue weighted by molar-refractivity contribution is -0.419. The highest BCUT2D eigenvalue weighted by Gasteiger charge is 2.11. The van der Waals surface area contributed by atoms with Gasteiger partial charge in [-0.15, -0.1) is 0 Å². The van der Waals surface area contributed by atoms with Crippen LogP contribution in [0.3, 0.4) is 0 Å². The first-order chi connectivity index (χ1) is 4.70. The molecule has 0 aromatic heterocycles. The summed E-state index contributed by atoms with van der Waals surface area (Å²) in [5.41, 5.74) is 0.108. The molecule has 1 aliphatic carbocycles. The number of halogens is 1. The zero-order valence-electron chi connectivity index (χ0n) is 5.21. The predicted molar refractivity (Wildman–Crippen MR) is 38.2 cm³/mol. The van der Waals surface area contributed by atoms with Crippen molar-refractivity contribution in [2.75, 3.05) is 0 Å². The molecule has 0 heterocycles. The van der Waals surface area contributed by atoms with Gasteiger partial charge in [0.1, 0.15) is 0 Å². The first-order valence-corrected chi connectivity index (χ1v) is 3.28. The molecule has 0 N–H and O–H groups in total. The van der Waals surface area contributed by atoms with Gasteiger partial charge in [-0.3, -0.25) is 10.1 Å². The molecule has 54 valence electrons. The second kappa shape index (κ2) is 2.84. The quantitative estimate of drug-likeness (QED) is 0.434. The largest absolute Gasteiger partial charge is 0.266 e. The van der Waals surface area contributed by atoms with Crippen LogP contribution in [-0.2, 0) is 0 Å². The number of hydrogen-bond acceptors (Lipinski definition) is 2. The summed E-state index contributed by atoms with van der Waals surface area (Å²) in [6.45, 7) is 0. The minimum Gasteiger partial charge on any atom is -0.258 e. The van der Waals surface area contributed by atoms with Crippen molar-refractivity contribution in [2.24, 2.45) is 0 Å². The second-order valence-electron chi connectivity index (χ2n) is 2.02. The molecule has 0 saturated heterocycles. The summed E-state index contributed by atoms with van der Waals surface area (Å²) in [7, 11) is 0. The summed E-state index contributed by atoms with van der Waals surface area (Å²) >= 11 is 5.57. The van der Waals surface area contributed by atoms with Crippen molar-refractivity contribution in [2.45, 2.75) is 12.8 Å². The Morgan fingerprint density at radius 1 is 1.70 bits per heavy atom. The Balaban J connectivity index is 2.79. The zero-order valence-corrected chi connectivity index (χ0v) is 5.97. The van der Waals surface area contributed by atoms with Crippen molar-refractivity contribution in [1.29, 1.82) is 0 Å². The Morgan fingerprint density at radius 3 is 2.80 bits per heavy atom. The highest BCUT2D eigenvalue weighted by Crippen LogP contribution is 2.19. The van der Waals surface area contributed by atoms with E-state index >= 15 is 0 Å². The first kappa shape index (κ1) is 7.28. The zero-order chi connectivity index (χ0) is 7.56. The predicted octanol–water partition coefficient (Wildman–Crippen LogP) is 2.06. The van der Waals surface area contributed by atoms with Crippen molar-refractivity contribution in [3.8, 4) is 0 Å². The number of nitrogens with zero attached hydrogens (tertiary/aromatic N) is 1. The molecule has 0 aromatic carbocycles. The fraction of sp³-hybridized carbons (Fsp3) is 0.333. The minimum atomic E-state index is -0.429. The van der Waals surface area contributed by atoms with Gasteiger partial charge in [0.25, 0.3) is 5.70 Å². The van der Waals surface area contributed by atoms with E-state index in [0.717, 1.165) is 6.42 Å². The van der Waals surface area contributed by atoms with E-state index in [1.165, 1.54) is 6.08 Å². The molecule has 10 heavy (non-hydrogen) atoms. The Hall–Kier alpha value is -0.830. The number of nitro groups is 1. The SMILES string of the molecule is O=[N+]([O-])C1=CCCC(Cl)=C1. The van der Waals surface area contributed by atoms with Gasteiger partial charge in [0.05, 0.1) is 4.92 Å². The third kappa shape index (κ3) is 1.57. The molecule has 0 aliphatic heterocycles. The van der Waals surface area contributed by atoms with Crippen LogP contribution < -0.4 is 0 Å². The molecule has 0 spiro atoms. The molecule has 3 nitrogen and oxygen atoms in total. The van der Waals surface area contributed by atoms with E-state index in [1.807, 2.05) is 0 Å². The Morgan fingerprint density at radius 2 is 2.40 bits per heavy atom. The van der Waals surface area contributed by atoms with Crippen molar-refractivity contribution >= 4 is 11.6 Å². The average molecular weight is 160 g/mol. The van der Waals surface area contributed by atoms with Gasteiger partial charge in [-0.2, -0.15) is 0 Å². The van der Waals surface area contributed by atoms with Crippen molar-refractivity contribution in [3.05, 3.63) is 33.0 Å². The molecule has 0 amide bonds. The topological polar surface area (TPSA) is 43.1 Å². The van der Waals surface area contributed by atoms with E-state index in [-0.39, 0.29) is 5.70 Å². The molecule has 0 fully saturated rings. The number of hydrogen-bond donors (Lipinski definition) is 0. The molecule has 0 aromatic rings. The van der Waals surface area contributed by atoms with Crippen LogP contribution in [0.5, 0.6) is 0 Å². The summed E-state index contributed by atoms with van der Waals surface area (Å²) in [5.74, 6) is 0. The van der Waals surface area contributed by atoms with E-state index in [9.17, 15) is 10.1 Å². The summed E-state index contributed by atoms with van der Waals surface area (Å²) in [6, 6.07) is 0. The van der Waals surface area contributed by atoms with Gasteiger partial charge in [-0.05, 0) is 18.9 Å². The molecule has 0 saturated carbocycles. The van der Waals surface area contributed by atoms with Crippen LogP contribution >= 0.6 is 11.6 Å². The van der Waals surface area contributed by atoms with Gasteiger partial charge < -0.3 is 0 Å².